The Morgan fingerprint density at radius 3 is 2.95 bits per heavy atom. The van der Waals surface area contributed by atoms with Crippen LogP contribution in [0.25, 0.3) is 5.65 Å². The SMILES string of the molecule is O=C(O)c1cn2ccnc(N(CCO)CC3CC3)c2n1. The number of carbonyl (C=O) groups is 1. The fraction of sp³-hybridized carbons (Fsp3) is 0.462. The lowest BCUT2D eigenvalue weighted by molar-refractivity contribution is 0.0691. The predicted molar refractivity (Wildman–Crippen MR) is 72.0 cm³/mol. The number of hydrogen-bond acceptors (Lipinski definition) is 5. The molecule has 0 bridgehead atoms. The highest BCUT2D eigenvalue weighted by molar-refractivity contribution is 5.87. The maximum Gasteiger partial charge on any atom is 0.356 e. The van der Waals surface area contributed by atoms with E-state index in [9.17, 15) is 9.90 Å². The van der Waals surface area contributed by atoms with Crippen LogP contribution in [0.3, 0.4) is 0 Å². The standard InChI is InChI=1S/C13H16N4O3/c18-6-5-17(7-9-1-2-9)11-12-15-10(13(19)20)8-16(12)4-3-14-11/h3-4,8-9,18H,1-2,5-7H2,(H,19,20). The van der Waals surface area contributed by atoms with Gasteiger partial charge in [0.2, 0.25) is 0 Å². The molecule has 0 spiro atoms. The van der Waals surface area contributed by atoms with Crippen molar-refractivity contribution in [3.8, 4) is 0 Å². The van der Waals surface area contributed by atoms with Gasteiger partial charge in [-0.25, -0.2) is 14.8 Å². The molecular weight excluding hydrogens is 260 g/mol. The van der Waals surface area contributed by atoms with Crippen LogP contribution in [0.4, 0.5) is 5.82 Å². The van der Waals surface area contributed by atoms with E-state index in [0.717, 1.165) is 6.54 Å². The molecule has 2 N–H and O–H groups in total. The number of aromatic nitrogens is 3. The molecule has 7 nitrogen and oxygen atoms in total. The van der Waals surface area contributed by atoms with E-state index < -0.39 is 5.97 Å². The number of hydrogen-bond donors (Lipinski definition) is 2. The van der Waals surface area contributed by atoms with Crippen molar-refractivity contribution in [2.45, 2.75) is 12.8 Å². The second-order valence-electron chi connectivity index (χ2n) is 5.03. The third kappa shape index (κ3) is 2.44. The fourth-order valence-electron chi connectivity index (χ4n) is 2.25. The second-order valence-corrected chi connectivity index (χ2v) is 5.03. The highest BCUT2D eigenvalue weighted by Crippen LogP contribution is 2.31. The van der Waals surface area contributed by atoms with E-state index in [1.54, 1.807) is 16.8 Å². The maximum absolute atomic E-state index is 11.0. The van der Waals surface area contributed by atoms with Crippen LogP contribution in [-0.2, 0) is 0 Å². The number of carboxylic acid groups (broad SMARTS) is 1. The van der Waals surface area contributed by atoms with E-state index in [-0.39, 0.29) is 12.3 Å². The molecule has 0 aromatic carbocycles. The Balaban J connectivity index is 2.00. The largest absolute Gasteiger partial charge is 0.476 e. The third-order valence-corrected chi connectivity index (χ3v) is 3.42. The van der Waals surface area contributed by atoms with Gasteiger partial charge in [0.05, 0.1) is 6.61 Å². The van der Waals surface area contributed by atoms with Gasteiger partial charge in [-0.3, -0.25) is 0 Å². The number of rotatable bonds is 6. The molecular formula is C13H16N4O3. The van der Waals surface area contributed by atoms with Gasteiger partial charge in [0.1, 0.15) is 0 Å². The van der Waals surface area contributed by atoms with Crippen LogP contribution in [0.1, 0.15) is 23.3 Å². The smallest absolute Gasteiger partial charge is 0.356 e. The van der Waals surface area contributed by atoms with Crippen LogP contribution >= 0.6 is 0 Å². The normalized spacial score (nSPS) is 14.7. The summed E-state index contributed by atoms with van der Waals surface area (Å²) in [6, 6.07) is 0. The molecule has 1 saturated carbocycles. The first-order valence-corrected chi connectivity index (χ1v) is 6.62. The van der Waals surface area contributed by atoms with Crippen molar-refractivity contribution in [3.63, 3.8) is 0 Å². The molecule has 7 heteroatoms. The van der Waals surface area contributed by atoms with Crippen molar-refractivity contribution in [2.75, 3.05) is 24.6 Å². The zero-order chi connectivity index (χ0) is 14.1. The molecule has 2 aromatic rings. The molecule has 0 saturated heterocycles. The molecule has 1 fully saturated rings. The van der Waals surface area contributed by atoms with E-state index in [1.807, 2.05) is 4.90 Å². The molecule has 0 amide bonds. The minimum Gasteiger partial charge on any atom is -0.476 e. The average molecular weight is 276 g/mol. The summed E-state index contributed by atoms with van der Waals surface area (Å²) >= 11 is 0. The maximum atomic E-state index is 11.0. The van der Waals surface area contributed by atoms with Crippen molar-refractivity contribution in [1.82, 2.24) is 14.4 Å². The van der Waals surface area contributed by atoms with Gasteiger partial charge in [-0.2, -0.15) is 0 Å². The number of anilines is 1. The lowest BCUT2D eigenvalue weighted by Gasteiger charge is -2.22. The number of aliphatic hydroxyl groups is 1. The second kappa shape index (κ2) is 5.09. The van der Waals surface area contributed by atoms with E-state index in [1.165, 1.54) is 19.0 Å². The first-order valence-electron chi connectivity index (χ1n) is 6.62. The summed E-state index contributed by atoms with van der Waals surface area (Å²) in [4.78, 5) is 21.4. The summed E-state index contributed by atoms with van der Waals surface area (Å²) < 4.78 is 1.66. The number of aromatic carboxylic acids is 1. The molecule has 2 heterocycles. The molecule has 2 aromatic heterocycles. The van der Waals surface area contributed by atoms with Crippen molar-refractivity contribution >= 4 is 17.4 Å². The molecule has 0 aliphatic heterocycles. The summed E-state index contributed by atoms with van der Waals surface area (Å²) in [6.07, 6.45) is 7.15. The van der Waals surface area contributed by atoms with Crippen LogP contribution < -0.4 is 4.90 Å². The summed E-state index contributed by atoms with van der Waals surface area (Å²) in [6.45, 7) is 1.32. The Labute approximate surface area is 115 Å². The number of nitrogens with zero attached hydrogens (tertiary/aromatic N) is 4. The van der Waals surface area contributed by atoms with Crippen LogP contribution in [0.2, 0.25) is 0 Å². The minimum absolute atomic E-state index is 0.00498. The average Bonchev–Trinajstić information content (AvgIpc) is 3.12. The lowest BCUT2D eigenvalue weighted by atomic mass is 10.3. The fourth-order valence-corrected chi connectivity index (χ4v) is 2.25. The highest BCUT2D eigenvalue weighted by atomic mass is 16.4. The van der Waals surface area contributed by atoms with E-state index in [2.05, 4.69) is 9.97 Å². The predicted octanol–water partition coefficient (Wildman–Crippen LogP) is 0.636. The molecule has 1 aliphatic carbocycles. The van der Waals surface area contributed by atoms with Gasteiger partial charge in [-0.05, 0) is 18.8 Å². The van der Waals surface area contributed by atoms with Gasteiger partial charge in [0.15, 0.2) is 17.2 Å². The van der Waals surface area contributed by atoms with Gasteiger partial charge in [0.25, 0.3) is 0 Å². The molecule has 3 rings (SSSR count). The number of aliphatic hydroxyl groups excluding tert-OH is 1. The first kappa shape index (κ1) is 12.9. The van der Waals surface area contributed by atoms with Gasteiger partial charge >= 0.3 is 5.97 Å². The van der Waals surface area contributed by atoms with E-state index in [4.69, 9.17) is 5.11 Å². The van der Waals surface area contributed by atoms with Crippen LogP contribution in [0.15, 0.2) is 18.6 Å². The molecule has 0 atom stereocenters. The summed E-state index contributed by atoms with van der Waals surface area (Å²) in [7, 11) is 0. The van der Waals surface area contributed by atoms with Crippen molar-refractivity contribution < 1.29 is 15.0 Å². The molecule has 20 heavy (non-hydrogen) atoms. The Kier molecular flexibility index (Phi) is 3.27. The first-order chi connectivity index (χ1) is 9.69. The zero-order valence-corrected chi connectivity index (χ0v) is 10.9. The van der Waals surface area contributed by atoms with Crippen LogP contribution in [-0.4, -0.2) is 50.2 Å². The van der Waals surface area contributed by atoms with Crippen LogP contribution in [0.5, 0.6) is 0 Å². The van der Waals surface area contributed by atoms with Crippen molar-refractivity contribution in [1.29, 1.82) is 0 Å². The van der Waals surface area contributed by atoms with Gasteiger partial charge in [0, 0.05) is 31.7 Å². The Morgan fingerprint density at radius 1 is 1.50 bits per heavy atom. The quantitative estimate of drug-likeness (QED) is 0.804. The lowest BCUT2D eigenvalue weighted by Crippen LogP contribution is -2.30. The Morgan fingerprint density at radius 2 is 2.30 bits per heavy atom. The molecule has 106 valence electrons. The topological polar surface area (TPSA) is 91.0 Å². The number of fused-ring (bicyclic) bond motifs is 1. The third-order valence-electron chi connectivity index (χ3n) is 3.42. The van der Waals surface area contributed by atoms with E-state index in [0.29, 0.717) is 23.9 Å². The van der Waals surface area contributed by atoms with Gasteiger partial charge in [-0.15, -0.1) is 0 Å². The van der Waals surface area contributed by atoms with Crippen molar-refractivity contribution in [3.05, 3.63) is 24.3 Å². The summed E-state index contributed by atoms with van der Waals surface area (Å²) in [5.74, 6) is 0.203. The van der Waals surface area contributed by atoms with Crippen LogP contribution in [0, 0.1) is 5.92 Å². The molecule has 0 unspecified atom stereocenters. The monoisotopic (exact) mass is 276 g/mol. The van der Waals surface area contributed by atoms with Crippen molar-refractivity contribution in [2.24, 2.45) is 5.92 Å². The Bertz CT molecular complexity index is 636. The Hall–Kier alpha value is -2.15. The van der Waals surface area contributed by atoms with Gasteiger partial charge < -0.3 is 19.5 Å². The van der Waals surface area contributed by atoms with Gasteiger partial charge in [-0.1, -0.05) is 0 Å². The number of imidazole rings is 1. The zero-order valence-electron chi connectivity index (χ0n) is 10.9. The summed E-state index contributed by atoms with van der Waals surface area (Å²) in [5, 5.41) is 18.2. The molecule has 1 aliphatic rings. The molecule has 0 radical (unpaired) electrons. The van der Waals surface area contributed by atoms with E-state index >= 15 is 0 Å². The summed E-state index contributed by atoms with van der Waals surface area (Å²) in [5.41, 5.74) is 0.508. The highest BCUT2D eigenvalue weighted by Gasteiger charge is 2.26. The minimum atomic E-state index is -1.06. The number of carboxylic acids is 1.